The van der Waals surface area contributed by atoms with Crippen molar-refractivity contribution in [3.63, 3.8) is 0 Å². The molecule has 4 heterocycles. The standard InChI is InChI=1S/C32H40N6O5/c1-31(2,3)43-29(41)34-25-10-8-20(19-33-25)16-21-17-32(18-21)12-14-37(15-13-32)22-6-5-7-23-27(22)36(4)30(42)38(23)24-9-11-26(39)35-28(24)40/h5-8,10,19,21,24H,9,11-18H2,1-4H3,(H,33,34,41)(H,35,39,40). The molecular formula is C32H40N6O5. The maximum Gasteiger partial charge on any atom is 0.413 e. The number of ether oxygens (including phenoxy) is 1. The first-order valence-corrected chi connectivity index (χ1v) is 15.1. The molecule has 1 saturated carbocycles. The number of imidazole rings is 1. The van der Waals surface area contributed by atoms with Crippen molar-refractivity contribution in [1.82, 2.24) is 19.4 Å². The summed E-state index contributed by atoms with van der Waals surface area (Å²) in [5.41, 5.74) is 3.29. The molecule has 3 aromatic rings. The molecule has 228 valence electrons. The number of aryl methyl sites for hydroxylation is 1. The van der Waals surface area contributed by atoms with Crippen molar-refractivity contribution in [3.8, 4) is 0 Å². The molecule has 43 heavy (non-hydrogen) atoms. The number of carbonyl (C=O) groups is 3. The van der Waals surface area contributed by atoms with Crippen LogP contribution in [-0.2, 0) is 27.8 Å². The molecule has 1 unspecified atom stereocenters. The zero-order valence-corrected chi connectivity index (χ0v) is 25.3. The topological polar surface area (TPSA) is 128 Å². The molecule has 6 rings (SSSR count). The Morgan fingerprint density at radius 2 is 1.86 bits per heavy atom. The van der Waals surface area contributed by atoms with Gasteiger partial charge in [-0.05, 0) is 94.4 Å². The van der Waals surface area contributed by atoms with Gasteiger partial charge in [0.15, 0.2) is 0 Å². The van der Waals surface area contributed by atoms with Gasteiger partial charge in [0.2, 0.25) is 11.8 Å². The third kappa shape index (κ3) is 5.77. The third-order valence-electron chi connectivity index (χ3n) is 9.19. The number of carbonyl (C=O) groups excluding carboxylic acids is 3. The normalized spacial score (nSPS) is 20.7. The summed E-state index contributed by atoms with van der Waals surface area (Å²) < 4.78 is 8.49. The Kier molecular flexibility index (Phi) is 7.30. The van der Waals surface area contributed by atoms with Crippen LogP contribution in [-0.4, -0.2) is 50.7 Å². The number of hydrogen-bond donors (Lipinski definition) is 2. The quantitative estimate of drug-likeness (QED) is 0.426. The van der Waals surface area contributed by atoms with Crippen LogP contribution in [0.1, 0.15) is 70.9 Å². The summed E-state index contributed by atoms with van der Waals surface area (Å²) in [6.45, 7) is 7.30. The fraction of sp³-hybridized carbons (Fsp3) is 0.531. The molecule has 0 radical (unpaired) electrons. The number of rotatable bonds is 5. The van der Waals surface area contributed by atoms with Crippen molar-refractivity contribution in [3.05, 3.63) is 52.6 Å². The number of amides is 3. The molecule has 0 bridgehead atoms. The van der Waals surface area contributed by atoms with Gasteiger partial charge in [0, 0.05) is 32.8 Å². The van der Waals surface area contributed by atoms with Gasteiger partial charge < -0.3 is 9.64 Å². The first-order chi connectivity index (χ1) is 20.4. The highest BCUT2D eigenvalue weighted by atomic mass is 16.6. The summed E-state index contributed by atoms with van der Waals surface area (Å²) in [6, 6.07) is 9.07. The fourth-order valence-electron chi connectivity index (χ4n) is 7.20. The van der Waals surface area contributed by atoms with Crippen molar-refractivity contribution in [2.24, 2.45) is 18.4 Å². The minimum atomic E-state index is -0.687. The zero-order valence-electron chi connectivity index (χ0n) is 25.3. The summed E-state index contributed by atoms with van der Waals surface area (Å²) >= 11 is 0. The van der Waals surface area contributed by atoms with E-state index in [2.05, 4.69) is 26.6 Å². The average molecular weight is 589 g/mol. The van der Waals surface area contributed by atoms with Gasteiger partial charge >= 0.3 is 11.8 Å². The van der Waals surface area contributed by atoms with E-state index < -0.39 is 23.6 Å². The summed E-state index contributed by atoms with van der Waals surface area (Å²) in [4.78, 5) is 56.4. The zero-order chi connectivity index (χ0) is 30.5. The Bertz CT molecular complexity index is 1620. The van der Waals surface area contributed by atoms with Crippen LogP contribution in [0.4, 0.5) is 16.3 Å². The number of nitrogens with zero attached hydrogens (tertiary/aromatic N) is 4. The van der Waals surface area contributed by atoms with Crippen LogP contribution in [0, 0.1) is 11.3 Å². The lowest BCUT2D eigenvalue weighted by Crippen LogP contribution is -2.47. The SMILES string of the molecule is Cn1c(=O)n(C2CCC(=O)NC2=O)c2cccc(N3CCC4(CC3)CC(Cc3ccc(NC(=O)OC(C)(C)C)nc3)C4)c21. The number of imide groups is 1. The molecule has 2 N–H and O–H groups in total. The predicted octanol–water partition coefficient (Wildman–Crippen LogP) is 4.30. The van der Waals surface area contributed by atoms with E-state index in [0.717, 1.165) is 49.1 Å². The molecule has 3 aliphatic rings. The minimum Gasteiger partial charge on any atom is -0.444 e. The lowest BCUT2D eigenvalue weighted by molar-refractivity contribution is -0.135. The highest BCUT2D eigenvalue weighted by Gasteiger charge is 2.45. The number of benzene rings is 1. The second-order valence-electron chi connectivity index (χ2n) is 13.5. The first-order valence-electron chi connectivity index (χ1n) is 15.1. The van der Waals surface area contributed by atoms with Crippen molar-refractivity contribution < 1.29 is 19.1 Å². The van der Waals surface area contributed by atoms with E-state index in [1.807, 2.05) is 51.2 Å². The highest BCUT2D eigenvalue weighted by Crippen LogP contribution is 2.54. The smallest absolute Gasteiger partial charge is 0.413 e. The van der Waals surface area contributed by atoms with Crippen molar-refractivity contribution in [2.45, 2.75) is 77.4 Å². The van der Waals surface area contributed by atoms with E-state index >= 15 is 0 Å². The second kappa shape index (κ2) is 10.8. The molecule has 2 aliphatic heterocycles. The maximum atomic E-state index is 13.3. The number of pyridine rings is 1. The van der Waals surface area contributed by atoms with Crippen molar-refractivity contribution in [2.75, 3.05) is 23.3 Å². The number of aromatic nitrogens is 3. The molecule has 1 atom stereocenters. The molecular weight excluding hydrogens is 548 g/mol. The van der Waals surface area contributed by atoms with E-state index in [1.165, 1.54) is 18.4 Å². The highest BCUT2D eigenvalue weighted by molar-refractivity contribution is 6.00. The first kappa shape index (κ1) is 28.9. The summed E-state index contributed by atoms with van der Waals surface area (Å²) in [7, 11) is 1.76. The van der Waals surface area contributed by atoms with E-state index in [1.54, 1.807) is 16.2 Å². The molecule has 2 saturated heterocycles. The number of nitrogens with one attached hydrogen (secondary N) is 2. The van der Waals surface area contributed by atoms with Crippen LogP contribution in [0.25, 0.3) is 11.0 Å². The maximum absolute atomic E-state index is 13.3. The van der Waals surface area contributed by atoms with Gasteiger partial charge in [0.05, 0.1) is 16.7 Å². The molecule has 11 nitrogen and oxygen atoms in total. The number of anilines is 2. The largest absolute Gasteiger partial charge is 0.444 e. The molecule has 1 aromatic carbocycles. The van der Waals surface area contributed by atoms with Crippen LogP contribution in [0.3, 0.4) is 0 Å². The van der Waals surface area contributed by atoms with Crippen molar-refractivity contribution in [1.29, 1.82) is 0 Å². The Hall–Kier alpha value is -4.15. The van der Waals surface area contributed by atoms with Crippen molar-refractivity contribution >= 4 is 40.4 Å². The number of fused-ring (bicyclic) bond motifs is 1. The molecule has 3 amide bonds. The minimum absolute atomic E-state index is 0.223. The van der Waals surface area contributed by atoms with E-state index in [9.17, 15) is 19.2 Å². The number of piperidine rings is 2. The third-order valence-corrected chi connectivity index (χ3v) is 9.19. The number of hydrogen-bond acceptors (Lipinski definition) is 7. The van der Waals surface area contributed by atoms with Gasteiger partial charge in [-0.1, -0.05) is 12.1 Å². The molecule has 11 heteroatoms. The van der Waals surface area contributed by atoms with Crippen LogP contribution >= 0.6 is 0 Å². The van der Waals surface area contributed by atoms with E-state index in [-0.39, 0.29) is 18.0 Å². The predicted molar refractivity (Wildman–Crippen MR) is 163 cm³/mol. The lowest BCUT2D eigenvalue weighted by atomic mass is 9.56. The van der Waals surface area contributed by atoms with Gasteiger partial charge in [-0.15, -0.1) is 0 Å². The van der Waals surface area contributed by atoms with Gasteiger partial charge in [-0.2, -0.15) is 0 Å². The fourth-order valence-corrected chi connectivity index (χ4v) is 7.20. The summed E-state index contributed by atoms with van der Waals surface area (Å²) in [5.74, 6) is 0.387. The van der Waals surface area contributed by atoms with Gasteiger partial charge in [-0.25, -0.2) is 14.6 Å². The monoisotopic (exact) mass is 588 g/mol. The Balaban J connectivity index is 1.07. The Morgan fingerprint density at radius 3 is 2.51 bits per heavy atom. The summed E-state index contributed by atoms with van der Waals surface area (Å²) in [6.07, 6.45) is 7.42. The van der Waals surface area contributed by atoms with E-state index in [4.69, 9.17) is 4.74 Å². The lowest BCUT2D eigenvalue weighted by Gasteiger charge is -2.53. The molecule has 3 fully saturated rings. The van der Waals surface area contributed by atoms with Gasteiger partial charge in [0.25, 0.3) is 0 Å². The Morgan fingerprint density at radius 1 is 1.12 bits per heavy atom. The summed E-state index contributed by atoms with van der Waals surface area (Å²) in [5, 5.41) is 5.07. The molecule has 1 aliphatic carbocycles. The van der Waals surface area contributed by atoms with Crippen LogP contribution in [0.2, 0.25) is 0 Å². The molecule has 2 aromatic heterocycles. The Labute approximate surface area is 250 Å². The van der Waals surface area contributed by atoms with Crippen LogP contribution in [0.5, 0.6) is 0 Å². The number of para-hydroxylation sites is 1. The molecule has 1 spiro atoms. The van der Waals surface area contributed by atoms with Gasteiger partial charge in [-0.3, -0.25) is 29.4 Å². The average Bonchev–Trinajstić information content (AvgIpc) is 3.18. The van der Waals surface area contributed by atoms with Gasteiger partial charge in [0.1, 0.15) is 17.5 Å². The second-order valence-corrected chi connectivity index (χ2v) is 13.5. The van der Waals surface area contributed by atoms with E-state index in [0.29, 0.717) is 23.6 Å². The van der Waals surface area contributed by atoms with Crippen LogP contribution in [0.15, 0.2) is 41.3 Å². The van der Waals surface area contributed by atoms with Crippen LogP contribution < -0.4 is 21.2 Å².